The molecule has 122 valence electrons. The molecule has 4 nitrogen and oxygen atoms in total. The lowest BCUT2D eigenvalue weighted by Crippen LogP contribution is -2.14. The van der Waals surface area contributed by atoms with Crippen molar-refractivity contribution in [3.05, 3.63) is 77.6 Å². The van der Waals surface area contributed by atoms with Crippen LogP contribution >= 0.6 is 11.6 Å². The van der Waals surface area contributed by atoms with Crippen LogP contribution in [-0.2, 0) is 0 Å². The van der Waals surface area contributed by atoms with Crippen LogP contribution in [0.15, 0.2) is 67.0 Å². The largest absolute Gasteiger partial charge is 0.506 e. The quantitative estimate of drug-likeness (QED) is 0.649. The van der Waals surface area contributed by atoms with Gasteiger partial charge in [-0.2, -0.15) is 0 Å². The third-order valence-corrected chi connectivity index (χ3v) is 4.05. The van der Waals surface area contributed by atoms with E-state index in [1.165, 1.54) is 0 Å². The molecule has 3 rings (SSSR count). The van der Waals surface area contributed by atoms with Gasteiger partial charge >= 0.3 is 0 Å². The van der Waals surface area contributed by atoms with E-state index in [0.29, 0.717) is 5.02 Å². The first-order chi connectivity index (χ1) is 11.7. The molecule has 0 aliphatic carbocycles. The van der Waals surface area contributed by atoms with Gasteiger partial charge in [-0.1, -0.05) is 48.0 Å². The van der Waals surface area contributed by atoms with Crippen molar-refractivity contribution in [2.24, 2.45) is 0 Å². The summed E-state index contributed by atoms with van der Waals surface area (Å²) in [5.74, 6) is 0.0482. The number of aliphatic hydroxyl groups excluding tert-OH is 1. The van der Waals surface area contributed by atoms with Crippen LogP contribution in [-0.4, -0.2) is 21.8 Å². The average molecular weight is 341 g/mol. The van der Waals surface area contributed by atoms with Gasteiger partial charge < -0.3 is 15.5 Å². The number of anilines is 1. The lowest BCUT2D eigenvalue weighted by molar-refractivity contribution is 0.276. The van der Waals surface area contributed by atoms with Crippen LogP contribution in [0.2, 0.25) is 5.02 Å². The first kappa shape index (κ1) is 16.3. The molecule has 3 aromatic rings. The van der Waals surface area contributed by atoms with Crippen molar-refractivity contribution in [2.45, 2.75) is 6.04 Å². The van der Waals surface area contributed by atoms with Crippen molar-refractivity contribution in [2.75, 3.05) is 11.9 Å². The zero-order valence-corrected chi connectivity index (χ0v) is 13.6. The van der Waals surface area contributed by atoms with Gasteiger partial charge in [0.1, 0.15) is 5.75 Å². The number of halogens is 1. The van der Waals surface area contributed by atoms with E-state index in [4.69, 9.17) is 11.6 Å². The third-order valence-electron chi connectivity index (χ3n) is 3.74. The molecule has 1 heterocycles. The summed E-state index contributed by atoms with van der Waals surface area (Å²) in [5.41, 5.74) is 3.51. The zero-order valence-electron chi connectivity index (χ0n) is 12.9. The van der Waals surface area contributed by atoms with Crippen molar-refractivity contribution in [1.29, 1.82) is 0 Å². The smallest absolute Gasteiger partial charge is 0.134 e. The molecule has 0 aliphatic rings. The van der Waals surface area contributed by atoms with E-state index < -0.39 is 0 Å². The van der Waals surface area contributed by atoms with Crippen molar-refractivity contribution >= 4 is 17.3 Å². The van der Waals surface area contributed by atoms with Crippen LogP contribution < -0.4 is 5.32 Å². The van der Waals surface area contributed by atoms with Gasteiger partial charge in [-0.25, -0.2) is 0 Å². The molecular weight excluding hydrogens is 324 g/mol. The number of nitrogens with zero attached hydrogens (tertiary/aromatic N) is 1. The second-order valence-corrected chi connectivity index (χ2v) is 5.83. The van der Waals surface area contributed by atoms with Crippen LogP contribution in [0.25, 0.3) is 11.1 Å². The summed E-state index contributed by atoms with van der Waals surface area (Å²) in [5, 5.41) is 22.8. The Morgan fingerprint density at radius 3 is 2.50 bits per heavy atom. The molecular formula is C19H17ClN2O2. The molecule has 5 heteroatoms. The summed E-state index contributed by atoms with van der Waals surface area (Å²) >= 11 is 5.97. The van der Waals surface area contributed by atoms with Crippen molar-refractivity contribution in [3.63, 3.8) is 0 Å². The first-order valence-electron chi connectivity index (χ1n) is 7.53. The van der Waals surface area contributed by atoms with Gasteiger partial charge in [-0.05, 0) is 29.3 Å². The molecule has 0 radical (unpaired) electrons. The molecule has 0 amide bonds. The van der Waals surface area contributed by atoms with E-state index in [1.807, 2.05) is 36.4 Å². The van der Waals surface area contributed by atoms with E-state index in [0.717, 1.165) is 22.4 Å². The fraction of sp³-hybridized carbons (Fsp3) is 0.105. The van der Waals surface area contributed by atoms with E-state index in [-0.39, 0.29) is 18.4 Å². The normalized spacial score (nSPS) is 11.9. The predicted octanol–water partition coefficient (Wildman–Crippen LogP) is 4.25. The van der Waals surface area contributed by atoms with Crippen molar-refractivity contribution in [3.8, 4) is 16.9 Å². The second-order valence-electron chi connectivity index (χ2n) is 5.42. The Bertz CT molecular complexity index is 825. The van der Waals surface area contributed by atoms with Gasteiger partial charge in [0.15, 0.2) is 0 Å². The number of phenolic OH excluding ortho intramolecular Hbond substituents is 1. The Morgan fingerprint density at radius 2 is 1.79 bits per heavy atom. The molecule has 0 fully saturated rings. The summed E-state index contributed by atoms with van der Waals surface area (Å²) in [4.78, 5) is 4.24. The maximum Gasteiger partial charge on any atom is 0.134 e. The second kappa shape index (κ2) is 7.34. The Kier molecular flexibility index (Phi) is 4.99. The average Bonchev–Trinajstić information content (AvgIpc) is 2.63. The van der Waals surface area contributed by atoms with Crippen LogP contribution in [0, 0.1) is 0 Å². The molecule has 24 heavy (non-hydrogen) atoms. The summed E-state index contributed by atoms with van der Waals surface area (Å²) < 4.78 is 0. The minimum atomic E-state index is -0.216. The maximum atomic E-state index is 9.67. The predicted molar refractivity (Wildman–Crippen MR) is 96.2 cm³/mol. The number of phenols is 1. The van der Waals surface area contributed by atoms with E-state index >= 15 is 0 Å². The Labute approximate surface area is 145 Å². The summed E-state index contributed by atoms with van der Waals surface area (Å²) in [6, 6.07) is 16.5. The Hall–Kier alpha value is -2.56. The number of hydrogen-bond donors (Lipinski definition) is 3. The zero-order chi connectivity index (χ0) is 16.9. The van der Waals surface area contributed by atoms with Gasteiger partial charge in [-0.15, -0.1) is 0 Å². The Balaban J connectivity index is 1.86. The number of hydrogen-bond acceptors (Lipinski definition) is 4. The molecule has 1 unspecified atom stereocenters. The highest BCUT2D eigenvalue weighted by Crippen LogP contribution is 2.30. The highest BCUT2D eigenvalue weighted by atomic mass is 35.5. The molecule has 0 aliphatic heterocycles. The van der Waals surface area contributed by atoms with Gasteiger partial charge in [0.2, 0.25) is 0 Å². The highest BCUT2D eigenvalue weighted by molar-refractivity contribution is 6.32. The number of benzene rings is 2. The molecule has 0 spiro atoms. The Morgan fingerprint density at radius 1 is 1.00 bits per heavy atom. The number of rotatable bonds is 5. The van der Waals surface area contributed by atoms with E-state index in [9.17, 15) is 10.2 Å². The van der Waals surface area contributed by atoms with Crippen LogP contribution in [0.4, 0.5) is 5.69 Å². The van der Waals surface area contributed by atoms with Gasteiger partial charge in [-0.3, -0.25) is 4.98 Å². The SMILES string of the molecule is OCC(Nc1cncc(-c2ccc(O)c(Cl)c2)c1)c1ccccc1. The van der Waals surface area contributed by atoms with Gasteiger partial charge in [0, 0.05) is 18.0 Å². The molecule has 0 bridgehead atoms. The van der Waals surface area contributed by atoms with E-state index in [1.54, 1.807) is 30.6 Å². The molecule has 2 aromatic carbocycles. The molecule has 1 atom stereocenters. The summed E-state index contributed by atoms with van der Waals surface area (Å²) in [6.45, 7) is -0.0285. The van der Waals surface area contributed by atoms with E-state index in [2.05, 4.69) is 10.3 Å². The lowest BCUT2D eigenvalue weighted by atomic mass is 10.1. The molecule has 3 N–H and O–H groups in total. The minimum absolute atomic E-state index is 0.0285. The summed E-state index contributed by atoms with van der Waals surface area (Å²) in [7, 11) is 0. The first-order valence-corrected chi connectivity index (χ1v) is 7.91. The van der Waals surface area contributed by atoms with Crippen LogP contribution in [0.1, 0.15) is 11.6 Å². The minimum Gasteiger partial charge on any atom is -0.506 e. The number of aromatic nitrogens is 1. The van der Waals surface area contributed by atoms with Crippen LogP contribution in [0.3, 0.4) is 0 Å². The van der Waals surface area contributed by atoms with Gasteiger partial charge in [0.25, 0.3) is 0 Å². The molecule has 1 aromatic heterocycles. The lowest BCUT2D eigenvalue weighted by Gasteiger charge is -2.18. The maximum absolute atomic E-state index is 9.67. The fourth-order valence-electron chi connectivity index (χ4n) is 2.48. The number of pyridine rings is 1. The van der Waals surface area contributed by atoms with Crippen LogP contribution in [0.5, 0.6) is 5.75 Å². The molecule has 0 saturated carbocycles. The van der Waals surface area contributed by atoms with Crippen molar-refractivity contribution in [1.82, 2.24) is 4.98 Å². The molecule has 0 saturated heterocycles. The van der Waals surface area contributed by atoms with Crippen molar-refractivity contribution < 1.29 is 10.2 Å². The monoisotopic (exact) mass is 340 g/mol. The number of aliphatic hydroxyl groups is 1. The third kappa shape index (κ3) is 3.67. The van der Waals surface area contributed by atoms with Gasteiger partial charge in [0.05, 0.1) is 23.4 Å². The number of aromatic hydroxyl groups is 1. The standard InChI is InChI=1S/C19H17ClN2O2/c20-17-9-14(6-7-19(17)24)15-8-16(11-21-10-15)22-18(12-23)13-4-2-1-3-5-13/h1-11,18,22-24H,12H2. The highest BCUT2D eigenvalue weighted by Gasteiger charge is 2.11. The summed E-state index contributed by atoms with van der Waals surface area (Å²) in [6.07, 6.45) is 3.43. The number of nitrogens with one attached hydrogen (secondary N) is 1. The fourth-order valence-corrected chi connectivity index (χ4v) is 2.66. The topological polar surface area (TPSA) is 65.4 Å².